The minimum absolute atomic E-state index is 0.0162. The highest BCUT2D eigenvalue weighted by Crippen LogP contribution is 2.26. The van der Waals surface area contributed by atoms with Gasteiger partial charge in [-0.2, -0.15) is 13.2 Å². The molecule has 1 heterocycles. The lowest BCUT2D eigenvalue weighted by molar-refractivity contribution is -0.192. The lowest BCUT2D eigenvalue weighted by atomic mass is 9.91. The van der Waals surface area contributed by atoms with E-state index in [1.807, 2.05) is 25.9 Å². The van der Waals surface area contributed by atoms with E-state index in [2.05, 4.69) is 20.6 Å². The fourth-order valence-electron chi connectivity index (χ4n) is 3.52. The largest absolute Gasteiger partial charge is 0.490 e. The van der Waals surface area contributed by atoms with Crippen molar-refractivity contribution in [3.63, 3.8) is 0 Å². The minimum Gasteiger partial charge on any atom is -0.475 e. The molecule has 0 spiro atoms. The molecule has 1 aliphatic rings. The fraction of sp³-hybridized carbons (Fsp3) is 0.455. The van der Waals surface area contributed by atoms with Gasteiger partial charge >= 0.3 is 12.1 Å². The number of nitrogens with one attached hydrogen (secondary N) is 2. The molecule has 0 aliphatic heterocycles. The highest BCUT2D eigenvalue weighted by Gasteiger charge is 2.38. The average Bonchev–Trinajstić information content (AvgIpc) is 2.78. The third-order valence-electron chi connectivity index (χ3n) is 5.31. The van der Waals surface area contributed by atoms with Crippen LogP contribution < -0.4 is 15.5 Å². The predicted octanol–water partition coefficient (Wildman–Crippen LogP) is 3.92. The molecule has 0 radical (unpaired) electrons. The number of aromatic nitrogens is 2. The van der Waals surface area contributed by atoms with Crippen LogP contribution >= 0.6 is 0 Å². The van der Waals surface area contributed by atoms with Crippen LogP contribution in [0.2, 0.25) is 0 Å². The minimum atomic E-state index is -5.08. The molecule has 35 heavy (non-hydrogen) atoms. The molecular weight excluding hydrogens is 477 g/mol. The molecule has 3 N–H and O–H groups in total. The lowest BCUT2D eigenvalue weighted by Gasteiger charge is -2.30. The molecule has 0 atom stereocenters. The van der Waals surface area contributed by atoms with Crippen molar-refractivity contribution in [2.75, 3.05) is 24.3 Å². The lowest BCUT2D eigenvalue weighted by Crippen LogP contribution is -2.40. The van der Waals surface area contributed by atoms with E-state index >= 15 is 0 Å². The molecule has 8 nitrogen and oxygen atoms in total. The highest BCUT2D eigenvalue weighted by molar-refractivity contribution is 5.94. The fourth-order valence-corrected chi connectivity index (χ4v) is 3.52. The number of carbonyl (C=O) groups excluding carboxylic acids is 1. The number of nitrogens with zero attached hydrogens (tertiary/aromatic N) is 3. The summed E-state index contributed by atoms with van der Waals surface area (Å²) in [6.45, 7) is 1.99. The number of anilines is 2. The zero-order valence-corrected chi connectivity index (χ0v) is 19.3. The van der Waals surface area contributed by atoms with Crippen LogP contribution in [-0.2, 0) is 4.79 Å². The van der Waals surface area contributed by atoms with Crippen LogP contribution in [0.1, 0.15) is 41.6 Å². The standard InChI is InChI=1S/C20H25F2N5O.C2HF3O2/c1-12-18(23-11-24-19(12)27(2)3)25-14-5-7-15(8-6-14)26-20(28)13-4-9-16(21)17(22)10-13;3-2(4,5)1(6)7/h4,9-11,14-15H,5-8H2,1-3H3,(H,26,28)(H,23,24,25);(H,6,7). The number of hydrogen-bond acceptors (Lipinski definition) is 6. The second-order valence-electron chi connectivity index (χ2n) is 8.16. The Balaban J connectivity index is 0.000000540. The highest BCUT2D eigenvalue weighted by atomic mass is 19.4. The molecule has 1 saturated carbocycles. The summed E-state index contributed by atoms with van der Waals surface area (Å²) in [7, 11) is 3.89. The van der Waals surface area contributed by atoms with Crippen LogP contribution in [0, 0.1) is 18.6 Å². The summed E-state index contributed by atoms with van der Waals surface area (Å²) in [5.41, 5.74) is 1.13. The van der Waals surface area contributed by atoms with Crippen molar-refractivity contribution in [2.45, 2.75) is 50.9 Å². The van der Waals surface area contributed by atoms with Crippen LogP contribution in [0.4, 0.5) is 33.6 Å². The summed E-state index contributed by atoms with van der Waals surface area (Å²) in [6, 6.07) is 3.47. The summed E-state index contributed by atoms with van der Waals surface area (Å²) in [5.74, 6) is -3.40. The molecule has 13 heteroatoms. The zero-order chi connectivity index (χ0) is 26.3. The van der Waals surface area contributed by atoms with Gasteiger partial charge in [-0.05, 0) is 50.8 Å². The quantitative estimate of drug-likeness (QED) is 0.531. The number of carbonyl (C=O) groups is 2. The Morgan fingerprint density at radius 2 is 1.60 bits per heavy atom. The number of benzene rings is 1. The van der Waals surface area contributed by atoms with E-state index in [9.17, 15) is 26.7 Å². The van der Waals surface area contributed by atoms with Crippen LogP contribution in [0.3, 0.4) is 0 Å². The Kier molecular flexibility index (Phi) is 9.32. The van der Waals surface area contributed by atoms with Gasteiger partial charge in [0.1, 0.15) is 18.0 Å². The van der Waals surface area contributed by atoms with Crippen LogP contribution in [0.15, 0.2) is 24.5 Å². The Labute approximate surface area is 198 Å². The first-order valence-corrected chi connectivity index (χ1v) is 10.6. The molecule has 1 aliphatic carbocycles. The third-order valence-corrected chi connectivity index (χ3v) is 5.31. The number of carboxylic acids is 1. The van der Waals surface area contributed by atoms with E-state index in [1.165, 1.54) is 6.07 Å². The molecule has 1 aromatic carbocycles. The van der Waals surface area contributed by atoms with E-state index in [0.29, 0.717) is 0 Å². The third kappa shape index (κ3) is 8.04. The topological polar surface area (TPSA) is 107 Å². The number of amides is 1. The molecule has 1 amide bonds. The SMILES string of the molecule is Cc1c(NC2CCC(NC(=O)c3ccc(F)c(F)c3)CC2)ncnc1N(C)C.O=C(O)C(F)(F)F. The normalized spacial score (nSPS) is 17.6. The molecule has 0 saturated heterocycles. The summed E-state index contributed by atoms with van der Waals surface area (Å²) < 4.78 is 58.1. The van der Waals surface area contributed by atoms with Crippen LogP contribution in [0.5, 0.6) is 0 Å². The van der Waals surface area contributed by atoms with Gasteiger partial charge in [-0.15, -0.1) is 0 Å². The van der Waals surface area contributed by atoms with Crippen molar-refractivity contribution in [1.82, 2.24) is 15.3 Å². The van der Waals surface area contributed by atoms with E-state index < -0.39 is 23.8 Å². The maximum atomic E-state index is 13.3. The summed E-state index contributed by atoms with van der Waals surface area (Å²) in [5, 5.41) is 13.5. The van der Waals surface area contributed by atoms with Gasteiger partial charge < -0.3 is 20.6 Å². The first-order chi connectivity index (χ1) is 16.3. The molecule has 1 fully saturated rings. The first-order valence-electron chi connectivity index (χ1n) is 10.6. The number of alkyl halides is 3. The Bertz CT molecular complexity index is 1040. The molecule has 1 aromatic heterocycles. The Hall–Kier alpha value is -3.51. The van der Waals surface area contributed by atoms with E-state index in [-0.39, 0.29) is 23.6 Å². The van der Waals surface area contributed by atoms with Crippen molar-refractivity contribution in [2.24, 2.45) is 0 Å². The van der Waals surface area contributed by atoms with Crippen molar-refractivity contribution in [3.8, 4) is 0 Å². The number of aliphatic carboxylic acids is 1. The number of rotatable bonds is 5. The van der Waals surface area contributed by atoms with Gasteiger partial charge in [0, 0.05) is 37.3 Å². The summed E-state index contributed by atoms with van der Waals surface area (Å²) in [4.78, 5) is 31.8. The average molecular weight is 503 g/mol. The molecular formula is C22H26F5N5O3. The maximum absolute atomic E-state index is 13.3. The van der Waals surface area contributed by atoms with Gasteiger partial charge in [0.2, 0.25) is 0 Å². The number of carboxylic acid groups (broad SMARTS) is 1. The monoisotopic (exact) mass is 503 g/mol. The zero-order valence-electron chi connectivity index (χ0n) is 19.3. The summed E-state index contributed by atoms with van der Waals surface area (Å²) >= 11 is 0. The van der Waals surface area contributed by atoms with Crippen molar-refractivity contribution < 1.29 is 36.6 Å². The van der Waals surface area contributed by atoms with Gasteiger partial charge in [-0.25, -0.2) is 23.5 Å². The second-order valence-corrected chi connectivity index (χ2v) is 8.16. The molecule has 0 unspecified atom stereocenters. The van der Waals surface area contributed by atoms with Gasteiger partial charge in [-0.3, -0.25) is 4.79 Å². The maximum Gasteiger partial charge on any atom is 0.490 e. The van der Waals surface area contributed by atoms with Crippen molar-refractivity contribution in [1.29, 1.82) is 0 Å². The smallest absolute Gasteiger partial charge is 0.475 e. The van der Waals surface area contributed by atoms with Gasteiger partial charge in [0.05, 0.1) is 0 Å². The molecule has 192 valence electrons. The Morgan fingerprint density at radius 1 is 1.03 bits per heavy atom. The number of halogens is 5. The number of hydrogen-bond donors (Lipinski definition) is 3. The summed E-state index contributed by atoms with van der Waals surface area (Å²) in [6.07, 6.45) is -0.166. The molecule has 3 rings (SSSR count). The van der Waals surface area contributed by atoms with Crippen LogP contribution in [0.25, 0.3) is 0 Å². The first kappa shape index (κ1) is 27.7. The predicted molar refractivity (Wildman–Crippen MR) is 118 cm³/mol. The Morgan fingerprint density at radius 3 is 2.11 bits per heavy atom. The van der Waals surface area contributed by atoms with E-state index in [4.69, 9.17) is 9.90 Å². The van der Waals surface area contributed by atoms with Crippen molar-refractivity contribution >= 4 is 23.5 Å². The van der Waals surface area contributed by atoms with E-state index in [0.717, 1.165) is 55.0 Å². The van der Waals surface area contributed by atoms with Gasteiger partial charge in [0.15, 0.2) is 11.6 Å². The van der Waals surface area contributed by atoms with Crippen molar-refractivity contribution in [3.05, 3.63) is 47.3 Å². The van der Waals surface area contributed by atoms with Crippen LogP contribution in [-0.4, -0.2) is 59.3 Å². The second kappa shape index (κ2) is 11.8. The van der Waals surface area contributed by atoms with Gasteiger partial charge in [-0.1, -0.05) is 0 Å². The molecule has 0 bridgehead atoms. The molecule has 2 aromatic rings. The van der Waals surface area contributed by atoms with Gasteiger partial charge in [0.25, 0.3) is 5.91 Å². The van der Waals surface area contributed by atoms with E-state index in [1.54, 1.807) is 6.33 Å².